The first-order chi connectivity index (χ1) is 9.54. The van der Waals surface area contributed by atoms with E-state index in [1.165, 1.54) is 10.9 Å². The summed E-state index contributed by atoms with van der Waals surface area (Å²) in [6, 6.07) is 8.83. The molecule has 0 aliphatic heterocycles. The Balaban J connectivity index is 2.37. The van der Waals surface area contributed by atoms with Crippen LogP contribution in [0.2, 0.25) is 0 Å². The van der Waals surface area contributed by atoms with E-state index in [0.29, 0.717) is 17.9 Å². The first-order valence-electron chi connectivity index (χ1n) is 7.77. The van der Waals surface area contributed by atoms with Gasteiger partial charge >= 0.3 is 0 Å². The molecule has 110 valence electrons. The van der Waals surface area contributed by atoms with Crippen LogP contribution in [0.25, 0.3) is 11.0 Å². The van der Waals surface area contributed by atoms with Crippen LogP contribution in [0.1, 0.15) is 51.5 Å². The lowest BCUT2D eigenvalue weighted by molar-refractivity contribution is 0.272. The van der Waals surface area contributed by atoms with Gasteiger partial charge in [-0.2, -0.15) is 0 Å². The average Bonchev–Trinajstić information content (AvgIpc) is 2.84. The Morgan fingerprint density at radius 3 is 2.55 bits per heavy atom. The van der Waals surface area contributed by atoms with Crippen molar-refractivity contribution in [3.05, 3.63) is 35.6 Å². The van der Waals surface area contributed by atoms with E-state index in [0.717, 1.165) is 24.3 Å². The lowest BCUT2D eigenvalue weighted by Gasteiger charge is -2.26. The lowest BCUT2D eigenvalue weighted by Crippen LogP contribution is -2.29. The second-order valence-corrected chi connectivity index (χ2v) is 6.18. The van der Waals surface area contributed by atoms with Crippen molar-refractivity contribution < 1.29 is 4.42 Å². The third kappa shape index (κ3) is 3.06. The minimum absolute atomic E-state index is 0.293. The molecule has 1 N–H and O–H groups in total. The fraction of sp³-hybridized carbons (Fsp3) is 0.556. The smallest absolute Gasteiger partial charge is 0.137 e. The highest BCUT2D eigenvalue weighted by atomic mass is 16.3. The van der Waals surface area contributed by atoms with Gasteiger partial charge in [-0.25, -0.2) is 0 Å². The lowest BCUT2D eigenvalue weighted by atomic mass is 9.88. The molecule has 0 amide bonds. The number of fused-ring (bicyclic) bond motifs is 1. The topological polar surface area (TPSA) is 25.2 Å². The molecule has 2 nitrogen and oxygen atoms in total. The summed E-state index contributed by atoms with van der Waals surface area (Å²) in [5, 5.41) is 4.86. The number of hydrogen-bond donors (Lipinski definition) is 1. The summed E-state index contributed by atoms with van der Waals surface area (Å²) in [5.41, 5.74) is 2.24. The normalized spacial score (nSPS) is 14.9. The fourth-order valence-corrected chi connectivity index (χ4v) is 2.61. The summed E-state index contributed by atoms with van der Waals surface area (Å²) < 4.78 is 6.17. The zero-order valence-corrected chi connectivity index (χ0v) is 13.4. The van der Waals surface area contributed by atoms with Crippen LogP contribution in [0.4, 0.5) is 0 Å². The van der Waals surface area contributed by atoms with Crippen LogP contribution in [0.3, 0.4) is 0 Å². The van der Waals surface area contributed by atoms with E-state index in [9.17, 15) is 0 Å². The van der Waals surface area contributed by atoms with Crippen LogP contribution in [0, 0.1) is 18.8 Å². The van der Waals surface area contributed by atoms with E-state index in [4.69, 9.17) is 4.42 Å². The maximum absolute atomic E-state index is 6.17. The van der Waals surface area contributed by atoms with Crippen molar-refractivity contribution in [2.24, 2.45) is 11.8 Å². The summed E-state index contributed by atoms with van der Waals surface area (Å²) in [7, 11) is 0. The molecule has 0 fully saturated rings. The van der Waals surface area contributed by atoms with Gasteiger partial charge in [0, 0.05) is 5.39 Å². The van der Waals surface area contributed by atoms with E-state index in [1.807, 2.05) is 0 Å². The van der Waals surface area contributed by atoms with Crippen molar-refractivity contribution in [2.75, 3.05) is 6.54 Å². The van der Waals surface area contributed by atoms with E-state index in [1.54, 1.807) is 0 Å². The number of para-hydroxylation sites is 1. The van der Waals surface area contributed by atoms with Crippen LogP contribution >= 0.6 is 0 Å². The third-order valence-electron chi connectivity index (χ3n) is 4.26. The molecule has 2 unspecified atom stereocenters. The predicted octanol–water partition coefficient (Wildman–Crippen LogP) is 5.07. The first-order valence-corrected chi connectivity index (χ1v) is 7.77. The van der Waals surface area contributed by atoms with E-state index < -0.39 is 0 Å². The quantitative estimate of drug-likeness (QED) is 0.794. The number of hydrogen-bond acceptors (Lipinski definition) is 2. The van der Waals surface area contributed by atoms with Gasteiger partial charge in [-0.15, -0.1) is 0 Å². The molecule has 1 aromatic carbocycles. The molecule has 0 aliphatic carbocycles. The summed E-state index contributed by atoms with van der Waals surface area (Å²) in [6.45, 7) is 12.2. The van der Waals surface area contributed by atoms with Gasteiger partial charge < -0.3 is 9.73 Å². The Kier molecular flexibility index (Phi) is 4.87. The summed E-state index contributed by atoms with van der Waals surface area (Å²) in [4.78, 5) is 0. The van der Waals surface area contributed by atoms with Gasteiger partial charge in [-0.05, 0) is 43.4 Å². The molecule has 0 aliphatic rings. The summed E-state index contributed by atoms with van der Waals surface area (Å²) in [5.74, 6) is 2.24. The Bertz CT molecular complexity index is 556. The monoisotopic (exact) mass is 273 g/mol. The predicted molar refractivity (Wildman–Crippen MR) is 86.0 cm³/mol. The molecule has 0 saturated carbocycles. The van der Waals surface area contributed by atoms with Crippen molar-refractivity contribution >= 4 is 11.0 Å². The van der Waals surface area contributed by atoms with E-state index in [-0.39, 0.29) is 0 Å². The highest BCUT2D eigenvalue weighted by Crippen LogP contribution is 2.32. The van der Waals surface area contributed by atoms with Crippen molar-refractivity contribution in [3.8, 4) is 0 Å². The maximum Gasteiger partial charge on any atom is 0.137 e. The van der Waals surface area contributed by atoms with Gasteiger partial charge in [0.1, 0.15) is 11.3 Å². The Hall–Kier alpha value is -1.28. The van der Waals surface area contributed by atoms with Gasteiger partial charge in [-0.1, -0.05) is 45.9 Å². The van der Waals surface area contributed by atoms with Gasteiger partial charge in [0.25, 0.3) is 0 Å². The molecule has 0 saturated heterocycles. The molecule has 0 spiro atoms. The fourth-order valence-electron chi connectivity index (χ4n) is 2.61. The van der Waals surface area contributed by atoms with Crippen LogP contribution < -0.4 is 5.32 Å². The standard InChI is InChI=1S/C18H27NO/c1-6-10-19-17(14(5)12(2)3)16-11-15-9-7-8-13(4)18(15)20-16/h7-9,11-12,14,17,19H,6,10H2,1-5H3. The van der Waals surface area contributed by atoms with Crippen molar-refractivity contribution in [3.63, 3.8) is 0 Å². The number of benzene rings is 1. The number of furan rings is 1. The first kappa shape index (κ1) is 15.1. The Morgan fingerprint density at radius 2 is 1.95 bits per heavy atom. The van der Waals surface area contributed by atoms with Crippen molar-refractivity contribution in [1.82, 2.24) is 5.32 Å². The zero-order valence-electron chi connectivity index (χ0n) is 13.4. The van der Waals surface area contributed by atoms with Gasteiger partial charge in [-0.3, -0.25) is 0 Å². The molecule has 20 heavy (non-hydrogen) atoms. The molecule has 2 aromatic rings. The third-order valence-corrected chi connectivity index (χ3v) is 4.26. The highest BCUT2D eigenvalue weighted by molar-refractivity contribution is 5.81. The van der Waals surface area contributed by atoms with Crippen molar-refractivity contribution in [2.45, 2.75) is 47.1 Å². The van der Waals surface area contributed by atoms with Gasteiger partial charge in [0.05, 0.1) is 6.04 Å². The van der Waals surface area contributed by atoms with E-state index in [2.05, 4.69) is 64.2 Å². The molecular weight excluding hydrogens is 246 g/mol. The molecule has 1 aromatic heterocycles. The Labute approximate surface area is 122 Å². The van der Waals surface area contributed by atoms with E-state index >= 15 is 0 Å². The van der Waals surface area contributed by atoms with Crippen LogP contribution in [0.5, 0.6) is 0 Å². The molecule has 2 atom stereocenters. The number of rotatable bonds is 6. The average molecular weight is 273 g/mol. The molecule has 0 bridgehead atoms. The largest absolute Gasteiger partial charge is 0.459 e. The van der Waals surface area contributed by atoms with Crippen molar-refractivity contribution in [1.29, 1.82) is 0 Å². The second kappa shape index (κ2) is 6.45. The molecule has 2 heteroatoms. The number of nitrogens with one attached hydrogen (secondary N) is 1. The minimum atomic E-state index is 0.293. The van der Waals surface area contributed by atoms with Crippen LogP contribution in [-0.4, -0.2) is 6.54 Å². The molecular formula is C18H27NO. The molecule has 1 heterocycles. The highest BCUT2D eigenvalue weighted by Gasteiger charge is 2.24. The van der Waals surface area contributed by atoms with Gasteiger partial charge in [0.15, 0.2) is 0 Å². The molecule has 2 rings (SSSR count). The van der Waals surface area contributed by atoms with Gasteiger partial charge in [0.2, 0.25) is 0 Å². The SMILES string of the molecule is CCCNC(c1cc2cccc(C)c2o1)C(C)C(C)C. The zero-order chi connectivity index (χ0) is 14.7. The van der Waals surface area contributed by atoms with Crippen LogP contribution in [0.15, 0.2) is 28.7 Å². The summed E-state index contributed by atoms with van der Waals surface area (Å²) >= 11 is 0. The van der Waals surface area contributed by atoms with Crippen LogP contribution in [-0.2, 0) is 0 Å². The number of aryl methyl sites for hydroxylation is 1. The Morgan fingerprint density at radius 1 is 1.20 bits per heavy atom. The summed E-state index contributed by atoms with van der Waals surface area (Å²) in [6.07, 6.45) is 1.14. The second-order valence-electron chi connectivity index (χ2n) is 6.18. The minimum Gasteiger partial charge on any atom is -0.459 e. The maximum atomic E-state index is 6.17. The molecule has 0 radical (unpaired) electrons.